The Labute approximate surface area is 210 Å². The Morgan fingerprint density at radius 2 is 1.49 bits per heavy atom. The summed E-state index contributed by atoms with van der Waals surface area (Å²) in [5.41, 5.74) is 1.12. The van der Waals surface area contributed by atoms with Crippen molar-refractivity contribution in [3.05, 3.63) is 71.3 Å². The zero-order valence-corrected chi connectivity index (χ0v) is 19.9. The number of aliphatic carboxylic acids is 1. The van der Waals surface area contributed by atoms with E-state index in [0.717, 1.165) is 44.5 Å². The number of ketones is 1. The molecule has 0 unspecified atom stereocenters. The highest BCUT2D eigenvalue weighted by Gasteiger charge is 2.51. The highest BCUT2D eigenvalue weighted by atomic mass is 19.4. The standard InChI is InChI=1S/C24H26F2N2O2.C2HF3O2/c25-19-7-3-17(4-8-19)21-16-27-23(30)24(21)11-14-28(15-12-24)13-1-2-22(29)18-5-9-20(26)10-6-18;3-2(4,5)1(6)7/h3-10,21H,1-2,11-16H2,(H,27,30);(H,6,7)/t21-;/m0./s1. The van der Waals surface area contributed by atoms with E-state index in [-0.39, 0.29) is 29.2 Å². The lowest BCUT2D eigenvalue weighted by molar-refractivity contribution is -0.192. The summed E-state index contributed by atoms with van der Waals surface area (Å²) in [4.78, 5) is 36.2. The van der Waals surface area contributed by atoms with Gasteiger partial charge >= 0.3 is 12.1 Å². The fourth-order valence-corrected chi connectivity index (χ4v) is 4.85. The number of piperidine rings is 1. The number of Topliss-reactive ketones (excluding diaryl/α,β-unsaturated/α-hetero) is 1. The average molecular weight is 527 g/mol. The number of carbonyl (C=O) groups is 3. The van der Waals surface area contributed by atoms with Crippen molar-refractivity contribution in [3.63, 3.8) is 0 Å². The van der Waals surface area contributed by atoms with E-state index in [0.29, 0.717) is 18.5 Å². The molecule has 0 aromatic heterocycles. The van der Waals surface area contributed by atoms with E-state index in [1.165, 1.54) is 36.4 Å². The summed E-state index contributed by atoms with van der Waals surface area (Å²) in [7, 11) is 0. The number of amides is 1. The van der Waals surface area contributed by atoms with Gasteiger partial charge in [-0.1, -0.05) is 12.1 Å². The molecule has 1 spiro atoms. The molecule has 2 aliphatic heterocycles. The van der Waals surface area contributed by atoms with Crippen molar-refractivity contribution in [1.29, 1.82) is 0 Å². The first-order valence-corrected chi connectivity index (χ1v) is 11.8. The zero-order valence-electron chi connectivity index (χ0n) is 19.9. The van der Waals surface area contributed by atoms with Gasteiger partial charge in [-0.2, -0.15) is 13.2 Å². The number of carbonyl (C=O) groups excluding carboxylic acids is 2. The molecule has 2 aliphatic rings. The number of hydrogen-bond acceptors (Lipinski definition) is 4. The van der Waals surface area contributed by atoms with Crippen molar-refractivity contribution in [2.45, 2.75) is 37.8 Å². The van der Waals surface area contributed by atoms with Crippen LogP contribution < -0.4 is 5.32 Å². The third-order valence-electron chi connectivity index (χ3n) is 6.89. The van der Waals surface area contributed by atoms with Crippen molar-refractivity contribution in [3.8, 4) is 0 Å². The van der Waals surface area contributed by atoms with Gasteiger partial charge in [0.2, 0.25) is 5.91 Å². The summed E-state index contributed by atoms with van der Waals surface area (Å²) in [5, 5.41) is 10.1. The second kappa shape index (κ2) is 11.8. The normalized spacial score (nSPS) is 19.2. The lowest BCUT2D eigenvalue weighted by atomic mass is 9.68. The topological polar surface area (TPSA) is 86.7 Å². The number of alkyl halides is 3. The molecule has 0 radical (unpaired) electrons. The van der Waals surface area contributed by atoms with Crippen LogP contribution in [0.1, 0.15) is 47.5 Å². The molecule has 2 aromatic carbocycles. The SMILES string of the molecule is O=C(CCCN1CCC2(CC1)C(=O)NC[C@H]2c1ccc(F)cc1)c1ccc(F)cc1.O=C(O)C(F)(F)F. The Kier molecular flexibility index (Phi) is 9.01. The number of carboxylic acid groups (broad SMARTS) is 1. The fourth-order valence-electron chi connectivity index (χ4n) is 4.85. The fraction of sp³-hybridized carbons (Fsp3) is 0.423. The van der Waals surface area contributed by atoms with Crippen LogP contribution in [0.5, 0.6) is 0 Å². The number of rotatable bonds is 6. The van der Waals surface area contributed by atoms with Crippen LogP contribution >= 0.6 is 0 Å². The average Bonchev–Trinajstić information content (AvgIpc) is 3.16. The quantitative estimate of drug-likeness (QED) is 0.426. The molecule has 2 fully saturated rings. The molecule has 2 saturated heterocycles. The van der Waals surface area contributed by atoms with Gasteiger partial charge in [-0.25, -0.2) is 13.6 Å². The van der Waals surface area contributed by atoms with Crippen LogP contribution in [0.2, 0.25) is 0 Å². The molecule has 6 nitrogen and oxygen atoms in total. The highest BCUT2D eigenvalue weighted by Crippen LogP contribution is 2.47. The Balaban J connectivity index is 0.000000479. The molecular weight excluding hydrogens is 499 g/mol. The van der Waals surface area contributed by atoms with Crippen molar-refractivity contribution < 1.29 is 41.4 Å². The number of halogens is 5. The molecule has 1 amide bonds. The van der Waals surface area contributed by atoms with Crippen LogP contribution in [0.4, 0.5) is 22.0 Å². The molecule has 200 valence electrons. The van der Waals surface area contributed by atoms with Gasteiger partial charge in [-0.15, -0.1) is 0 Å². The molecule has 2 N–H and O–H groups in total. The summed E-state index contributed by atoms with van der Waals surface area (Å²) < 4.78 is 58.0. The maximum atomic E-state index is 13.3. The Morgan fingerprint density at radius 3 is 2.00 bits per heavy atom. The summed E-state index contributed by atoms with van der Waals surface area (Å²) in [6.07, 6.45) is -2.41. The molecule has 11 heteroatoms. The maximum Gasteiger partial charge on any atom is 0.490 e. The van der Waals surface area contributed by atoms with E-state index in [1.807, 2.05) is 0 Å². The third kappa shape index (κ3) is 7.12. The Hall–Kier alpha value is -3.34. The van der Waals surface area contributed by atoms with Gasteiger partial charge < -0.3 is 15.3 Å². The summed E-state index contributed by atoms with van der Waals surface area (Å²) in [5.74, 6) is -3.18. The Morgan fingerprint density at radius 1 is 0.973 bits per heavy atom. The van der Waals surface area contributed by atoms with Crippen LogP contribution in [-0.4, -0.2) is 60.0 Å². The number of benzene rings is 2. The number of hydrogen-bond donors (Lipinski definition) is 2. The number of carboxylic acids is 1. The first-order chi connectivity index (χ1) is 17.4. The maximum absolute atomic E-state index is 13.3. The highest BCUT2D eigenvalue weighted by molar-refractivity contribution is 5.96. The van der Waals surface area contributed by atoms with E-state index >= 15 is 0 Å². The molecule has 37 heavy (non-hydrogen) atoms. The van der Waals surface area contributed by atoms with Crippen molar-refractivity contribution >= 4 is 17.7 Å². The lowest BCUT2D eigenvalue weighted by Gasteiger charge is -2.41. The van der Waals surface area contributed by atoms with Crippen molar-refractivity contribution in [2.24, 2.45) is 5.41 Å². The lowest BCUT2D eigenvalue weighted by Crippen LogP contribution is -2.46. The predicted octanol–water partition coefficient (Wildman–Crippen LogP) is 4.56. The molecule has 1 atom stereocenters. The van der Waals surface area contributed by atoms with Gasteiger partial charge in [0.15, 0.2) is 5.78 Å². The summed E-state index contributed by atoms with van der Waals surface area (Å²) in [6.45, 7) is 2.99. The van der Waals surface area contributed by atoms with Gasteiger partial charge in [0.25, 0.3) is 0 Å². The Bertz CT molecular complexity index is 1100. The first kappa shape index (κ1) is 28.2. The van der Waals surface area contributed by atoms with Crippen LogP contribution in [0.15, 0.2) is 48.5 Å². The van der Waals surface area contributed by atoms with Crippen LogP contribution in [-0.2, 0) is 9.59 Å². The summed E-state index contributed by atoms with van der Waals surface area (Å²) >= 11 is 0. The number of likely N-dealkylation sites (tertiary alicyclic amines) is 1. The molecule has 4 rings (SSSR count). The van der Waals surface area contributed by atoms with Gasteiger partial charge in [0.1, 0.15) is 11.6 Å². The van der Waals surface area contributed by atoms with Crippen molar-refractivity contribution in [2.75, 3.05) is 26.2 Å². The van der Waals surface area contributed by atoms with E-state index in [9.17, 15) is 31.5 Å². The first-order valence-electron chi connectivity index (χ1n) is 11.8. The molecule has 2 heterocycles. The molecular formula is C26H27F5N2O4. The third-order valence-corrected chi connectivity index (χ3v) is 6.89. The summed E-state index contributed by atoms with van der Waals surface area (Å²) in [6, 6.07) is 12.2. The molecule has 2 aromatic rings. The smallest absolute Gasteiger partial charge is 0.475 e. The van der Waals surface area contributed by atoms with E-state index in [4.69, 9.17) is 9.90 Å². The zero-order chi connectivity index (χ0) is 27.2. The van der Waals surface area contributed by atoms with Gasteiger partial charge in [-0.05, 0) is 80.9 Å². The van der Waals surface area contributed by atoms with Crippen LogP contribution in [0.25, 0.3) is 0 Å². The predicted molar refractivity (Wildman–Crippen MR) is 124 cm³/mol. The minimum absolute atomic E-state index is 0.0232. The van der Waals surface area contributed by atoms with E-state index in [1.54, 1.807) is 12.1 Å². The van der Waals surface area contributed by atoms with Crippen LogP contribution in [0.3, 0.4) is 0 Å². The molecule has 0 bridgehead atoms. The molecule has 0 saturated carbocycles. The van der Waals surface area contributed by atoms with Gasteiger partial charge in [0, 0.05) is 24.4 Å². The molecule has 0 aliphatic carbocycles. The second-order valence-electron chi connectivity index (χ2n) is 9.15. The monoisotopic (exact) mass is 526 g/mol. The minimum atomic E-state index is -5.08. The number of nitrogens with zero attached hydrogens (tertiary/aromatic N) is 1. The largest absolute Gasteiger partial charge is 0.490 e. The van der Waals surface area contributed by atoms with Gasteiger partial charge in [0.05, 0.1) is 5.41 Å². The van der Waals surface area contributed by atoms with Gasteiger partial charge in [-0.3, -0.25) is 9.59 Å². The second-order valence-corrected chi connectivity index (χ2v) is 9.15. The van der Waals surface area contributed by atoms with Crippen LogP contribution in [0, 0.1) is 17.0 Å². The van der Waals surface area contributed by atoms with E-state index in [2.05, 4.69) is 10.2 Å². The van der Waals surface area contributed by atoms with Crippen molar-refractivity contribution in [1.82, 2.24) is 10.2 Å². The number of nitrogens with one attached hydrogen (secondary N) is 1. The van der Waals surface area contributed by atoms with E-state index < -0.39 is 17.6 Å². The minimum Gasteiger partial charge on any atom is -0.475 e.